The molecule has 6 heteroatoms. The smallest absolute Gasteiger partial charge is 0.323 e. The van der Waals surface area contributed by atoms with E-state index in [4.69, 9.17) is 18.9 Å². The first-order valence-electron chi connectivity index (χ1n) is 9.12. The molecule has 1 fully saturated rings. The SMILES string of the molecule is CCCOC(=O)C1(C(=O)OCCC)CCC(OCC)(OCC)CC1. The van der Waals surface area contributed by atoms with Gasteiger partial charge in [0, 0.05) is 26.1 Å². The van der Waals surface area contributed by atoms with Gasteiger partial charge in [-0.3, -0.25) is 9.59 Å². The van der Waals surface area contributed by atoms with Crippen LogP contribution in [0.1, 0.15) is 66.2 Å². The normalized spacial score (nSPS) is 18.8. The lowest BCUT2D eigenvalue weighted by Crippen LogP contribution is -2.51. The van der Waals surface area contributed by atoms with Crippen molar-refractivity contribution in [3.05, 3.63) is 0 Å². The molecule has 0 bridgehead atoms. The second-order valence-electron chi connectivity index (χ2n) is 6.13. The van der Waals surface area contributed by atoms with Crippen molar-refractivity contribution < 1.29 is 28.5 Å². The molecule has 1 aliphatic carbocycles. The Kier molecular flexibility index (Phi) is 8.70. The fourth-order valence-corrected chi connectivity index (χ4v) is 3.07. The molecule has 6 nitrogen and oxygen atoms in total. The number of carbonyl (C=O) groups excluding carboxylic acids is 2. The summed E-state index contributed by atoms with van der Waals surface area (Å²) in [5.41, 5.74) is -1.23. The van der Waals surface area contributed by atoms with Gasteiger partial charge in [0.15, 0.2) is 11.2 Å². The van der Waals surface area contributed by atoms with E-state index >= 15 is 0 Å². The predicted octanol–water partition coefficient (Wildman–Crippen LogP) is 3.22. The summed E-state index contributed by atoms with van der Waals surface area (Å²) in [7, 11) is 0. The molecule has 1 saturated carbocycles. The quantitative estimate of drug-likeness (QED) is 0.344. The Hall–Kier alpha value is -1.14. The second kappa shape index (κ2) is 9.99. The highest BCUT2D eigenvalue weighted by atomic mass is 16.7. The highest BCUT2D eigenvalue weighted by Crippen LogP contribution is 2.45. The summed E-state index contributed by atoms with van der Waals surface area (Å²) >= 11 is 0. The highest BCUT2D eigenvalue weighted by Gasteiger charge is 2.55. The van der Waals surface area contributed by atoms with Crippen molar-refractivity contribution in [1.29, 1.82) is 0 Å². The fourth-order valence-electron chi connectivity index (χ4n) is 3.07. The Bertz CT molecular complexity index is 368. The minimum atomic E-state index is -1.23. The monoisotopic (exact) mass is 344 g/mol. The first-order valence-corrected chi connectivity index (χ1v) is 9.12. The molecule has 0 aromatic heterocycles. The Morgan fingerprint density at radius 2 is 1.17 bits per heavy atom. The van der Waals surface area contributed by atoms with Crippen LogP contribution in [0.4, 0.5) is 0 Å². The maximum atomic E-state index is 12.6. The average molecular weight is 344 g/mol. The Morgan fingerprint density at radius 1 is 0.750 bits per heavy atom. The Balaban J connectivity index is 2.92. The predicted molar refractivity (Wildman–Crippen MR) is 89.4 cm³/mol. The van der Waals surface area contributed by atoms with Gasteiger partial charge in [-0.2, -0.15) is 0 Å². The third kappa shape index (κ3) is 4.93. The maximum absolute atomic E-state index is 12.6. The molecule has 1 rings (SSSR count). The summed E-state index contributed by atoms with van der Waals surface area (Å²) in [6.07, 6.45) is 3.01. The van der Waals surface area contributed by atoms with Crippen molar-refractivity contribution in [3.8, 4) is 0 Å². The average Bonchev–Trinajstić information content (AvgIpc) is 2.59. The van der Waals surface area contributed by atoms with Gasteiger partial charge in [0.1, 0.15) is 0 Å². The van der Waals surface area contributed by atoms with E-state index in [1.54, 1.807) is 0 Å². The van der Waals surface area contributed by atoms with Gasteiger partial charge in [-0.1, -0.05) is 13.8 Å². The lowest BCUT2D eigenvalue weighted by atomic mass is 9.71. The third-order valence-corrected chi connectivity index (χ3v) is 4.34. The summed E-state index contributed by atoms with van der Waals surface area (Å²) in [5, 5.41) is 0. The molecule has 0 saturated heterocycles. The molecule has 0 amide bonds. The summed E-state index contributed by atoms with van der Waals surface area (Å²) in [4.78, 5) is 25.2. The Morgan fingerprint density at radius 3 is 1.50 bits per heavy atom. The van der Waals surface area contributed by atoms with E-state index < -0.39 is 23.1 Å². The maximum Gasteiger partial charge on any atom is 0.323 e. The highest BCUT2D eigenvalue weighted by molar-refractivity contribution is 6.00. The lowest BCUT2D eigenvalue weighted by molar-refractivity contribution is -0.258. The molecule has 24 heavy (non-hydrogen) atoms. The number of rotatable bonds is 10. The molecule has 0 spiro atoms. The number of hydrogen-bond donors (Lipinski definition) is 0. The van der Waals surface area contributed by atoms with Crippen molar-refractivity contribution in [2.75, 3.05) is 26.4 Å². The third-order valence-electron chi connectivity index (χ3n) is 4.34. The summed E-state index contributed by atoms with van der Waals surface area (Å²) in [6, 6.07) is 0. The molecular formula is C18H32O6. The van der Waals surface area contributed by atoms with Gasteiger partial charge in [0.2, 0.25) is 0 Å². The van der Waals surface area contributed by atoms with Crippen LogP contribution < -0.4 is 0 Å². The minimum Gasteiger partial charge on any atom is -0.465 e. The Labute approximate surface area is 145 Å². The lowest BCUT2D eigenvalue weighted by Gasteiger charge is -2.42. The van der Waals surface area contributed by atoms with Crippen molar-refractivity contribution in [3.63, 3.8) is 0 Å². The van der Waals surface area contributed by atoms with E-state index in [2.05, 4.69) is 0 Å². The van der Waals surface area contributed by atoms with Gasteiger partial charge in [0.05, 0.1) is 13.2 Å². The van der Waals surface area contributed by atoms with Gasteiger partial charge in [-0.15, -0.1) is 0 Å². The minimum absolute atomic E-state index is 0.309. The van der Waals surface area contributed by atoms with E-state index in [0.29, 0.717) is 65.0 Å². The molecule has 0 aromatic carbocycles. The largest absolute Gasteiger partial charge is 0.465 e. The van der Waals surface area contributed by atoms with Crippen LogP contribution in [0.2, 0.25) is 0 Å². The van der Waals surface area contributed by atoms with Crippen molar-refractivity contribution in [1.82, 2.24) is 0 Å². The number of carbonyl (C=O) groups is 2. The standard InChI is InChI=1S/C18H32O6/c1-5-13-21-15(19)17(16(20)22-14-6-2)9-11-18(12-10-17,23-7-3)24-8-4/h5-14H2,1-4H3. The molecule has 0 heterocycles. The molecule has 0 unspecified atom stereocenters. The van der Waals surface area contributed by atoms with E-state index in [1.165, 1.54) is 0 Å². The van der Waals surface area contributed by atoms with Crippen LogP contribution in [-0.2, 0) is 28.5 Å². The molecule has 0 N–H and O–H groups in total. The zero-order chi connectivity index (χ0) is 18.1. The molecule has 1 aliphatic rings. The van der Waals surface area contributed by atoms with Gasteiger partial charge in [0.25, 0.3) is 0 Å². The molecular weight excluding hydrogens is 312 g/mol. The second-order valence-corrected chi connectivity index (χ2v) is 6.13. The van der Waals surface area contributed by atoms with E-state index in [9.17, 15) is 9.59 Å². The van der Waals surface area contributed by atoms with Gasteiger partial charge >= 0.3 is 11.9 Å². The summed E-state index contributed by atoms with van der Waals surface area (Å²) in [5.74, 6) is -1.68. The number of hydrogen-bond acceptors (Lipinski definition) is 6. The van der Waals surface area contributed by atoms with Crippen LogP contribution in [-0.4, -0.2) is 44.2 Å². The van der Waals surface area contributed by atoms with E-state index in [-0.39, 0.29) is 0 Å². The van der Waals surface area contributed by atoms with Crippen LogP contribution in [0.5, 0.6) is 0 Å². The summed E-state index contributed by atoms with van der Waals surface area (Å²) in [6.45, 7) is 9.33. The zero-order valence-electron chi connectivity index (χ0n) is 15.5. The molecule has 0 aliphatic heterocycles. The fraction of sp³-hybridized carbons (Fsp3) is 0.889. The first-order chi connectivity index (χ1) is 11.5. The van der Waals surface area contributed by atoms with Crippen LogP contribution in [0.3, 0.4) is 0 Å². The van der Waals surface area contributed by atoms with Gasteiger partial charge < -0.3 is 18.9 Å². The van der Waals surface area contributed by atoms with Crippen LogP contribution >= 0.6 is 0 Å². The van der Waals surface area contributed by atoms with Crippen molar-refractivity contribution in [2.45, 2.75) is 72.0 Å². The summed E-state index contributed by atoms with van der Waals surface area (Å²) < 4.78 is 22.2. The van der Waals surface area contributed by atoms with Gasteiger partial charge in [-0.05, 0) is 39.5 Å². The van der Waals surface area contributed by atoms with Crippen LogP contribution in [0.25, 0.3) is 0 Å². The first kappa shape index (κ1) is 20.9. The van der Waals surface area contributed by atoms with Crippen LogP contribution in [0.15, 0.2) is 0 Å². The molecule has 140 valence electrons. The molecule has 0 aromatic rings. The topological polar surface area (TPSA) is 71.1 Å². The van der Waals surface area contributed by atoms with Crippen LogP contribution in [0, 0.1) is 5.41 Å². The van der Waals surface area contributed by atoms with E-state index in [0.717, 1.165) is 0 Å². The molecule has 0 radical (unpaired) electrons. The number of esters is 2. The zero-order valence-corrected chi connectivity index (χ0v) is 15.5. The molecule has 0 atom stereocenters. The van der Waals surface area contributed by atoms with Crippen molar-refractivity contribution in [2.24, 2.45) is 5.41 Å². The van der Waals surface area contributed by atoms with Crippen molar-refractivity contribution >= 4 is 11.9 Å². The van der Waals surface area contributed by atoms with E-state index in [1.807, 2.05) is 27.7 Å². The number of ether oxygens (including phenoxy) is 4. The van der Waals surface area contributed by atoms with Gasteiger partial charge in [-0.25, -0.2) is 0 Å².